The minimum Gasteiger partial charge on any atom is -0.507 e. The zero-order valence-electron chi connectivity index (χ0n) is 22.1. The Bertz CT molecular complexity index is 1420. The van der Waals surface area contributed by atoms with Gasteiger partial charge in [-0.05, 0) is 50.1 Å². The van der Waals surface area contributed by atoms with Crippen molar-refractivity contribution in [3.05, 3.63) is 70.0 Å². The van der Waals surface area contributed by atoms with Gasteiger partial charge in [0.15, 0.2) is 16.6 Å². The van der Waals surface area contributed by atoms with E-state index < -0.39 is 23.7 Å². The summed E-state index contributed by atoms with van der Waals surface area (Å²) in [7, 11) is 1.25. The highest BCUT2D eigenvalue weighted by molar-refractivity contribution is 7.17. The molecule has 1 amide bonds. The molecule has 3 aromatic rings. The normalized spacial score (nSPS) is 16.4. The topological polar surface area (TPSA) is 128 Å². The van der Waals surface area contributed by atoms with Crippen molar-refractivity contribution in [2.24, 2.45) is 0 Å². The number of pyridine rings is 1. The fourth-order valence-corrected chi connectivity index (χ4v) is 5.20. The van der Waals surface area contributed by atoms with Crippen LogP contribution in [0.4, 0.5) is 5.13 Å². The van der Waals surface area contributed by atoms with Crippen LogP contribution in [0.1, 0.15) is 59.2 Å². The number of aromatic nitrogens is 2. The third-order valence-electron chi connectivity index (χ3n) is 6.10. The Morgan fingerprint density at radius 3 is 2.51 bits per heavy atom. The van der Waals surface area contributed by atoms with Crippen molar-refractivity contribution in [3.63, 3.8) is 0 Å². The molecule has 0 bridgehead atoms. The van der Waals surface area contributed by atoms with Crippen molar-refractivity contribution >= 4 is 39.9 Å². The second kappa shape index (κ2) is 12.1. The first-order valence-electron chi connectivity index (χ1n) is 12.5. The molecule has 0 spiro atoms. The van der Waals surface area contributed by atoms with E-state index in [9.17, 15) is 19.5 Å². The van der Waals surface area contributed by atoms with Gasteiger partial charge in [0.25, 0.3) is 5.78 Å². The monoisotopic (exact) mass is 551 g/mol. The minimum atomic E-state index is -1.06. The number of nitrogens with zero attached hydrogens (tertiary/aromatic N) is 3. The van der Waals surface area contributed by atoms with E-state index in [-0.39, 0.29) is 21.3 Å². The number of anilines is 1. The molecule has 1 aromatic carbocycles. The maximum absolute atomic E-state index is 13.5. The lowest BCUT2D eigenvalue weighted by atomic mass is 9.95. The molecular formula is C28H29N3O7S. The quantitative estimate of drug-likeness (QED) is 0.124. The van der Waals surface area contributed by atoms with Crippen molar-refractivity contribution in [1.82, 2.24) is 9.97 Å². The zero-order valence-corrected chi connectivity index (χ0v) is 22.9. The van der Waals surface area contributed by atoms with Crippen molar-refractivity contribution in [1.29, 1.82) is 0 Å². The molecule has 39 heavy (non-hydrogen) atoms. The standard InChI is InChI=1S/C28H29N3O7S/c1-5-7-14-38-19-9-8-18(15-20(19)37-6-2)22-21(23(32)17-10-12-29-13-11-17)24(33)26(34)31(22)28-30-16(3)25(39-28)27(35)36-4/h8-13,15,22,32H,5-7,14H2,1-4H3/b23-21+. The maximum atomic E-state index is 13.5. The number of amides is 1. The molecule has 1 aliphatic heterocycles. The average Bonchev–Trinajstić information content (AvgIpc) is 3.45. The predicted octanol–water partition coefficient (Wildman–Crippen LogP) is 4.84. The SMILES string of the molecule is CCCCOc1ccc(C2/C(=C(\O)c3ccncc3)C(=O)C(=O)N2c2nc(C)c(C(=O)OC)s2)cc1OCC. The Morgan fingerprint density at radius 2 is 1.85 bits per heavy atom. The van der Waals surface area contributed by atoms with E-state index in [2.05, 4.69) is 16.9 Å². The molecule has 10 nitrogen and oxygen atoms in total. The minimum absolute atomic E-state index is 0.120. The van der Waals surface area contributed by atoms with Gasteiger partial charge >= 0.3 is 11.9 Å². The van der Waals surface area contributed by atoms with Gasteiger partial charge in [0.2, 0.25) is 0 Å². The van der Waals surface area contributed by atoms with Gasteiger partial charge in [-0.3, -0.25) is 19.5 Å². The van der Waals surface area contributed by atoms with Gasteiger partial charge in [-0.25, -0.2) is 9.78 Å². The number of aliphatic hydroxyl groups excluding tert-OH is 1. The molecule has 1 unspecified atom stereocenters. The number of hydrogen-bond donors (Lipinski definition) is 1. The molecule has 4 rings (SSSR count). The third kappa shape index (κ3) is 5.49. The van der Waals surface area contributed by atoms with Gasteiger partial charge in [-0.2, -0.15) is 0 Å². The Balaban J connectivity index is 1.91. The summed E-state index contributed by atoms with van der Waals surface area (Å²) in [5.74, 6) is -1.77. The summed E-state index contributed by atoms with van der Waals surface area (Å²) in [6.45, 7) is 6.38. The number of rotatable bonds is 10. The van der Waals surface area contributed by atoms with Crippen LogP contribution in [-0.4, -0.2) is 53.1 Å². The van der Waals surface area contributed by atoms with Crippen molar-refractivity contribution in [2.45, 2.75) is 39.7 Å². The van der Waals surface area contributed by atoms with Crippen LogP contribution in [0.25, 0.3) is 5.76 Å². The second-order valence-corrected chi connectivity index (χ2v) is 9.63. The van der Waals surface area contributed by atoms with E-state index in [4.69, 9.17) is 14.2 Å². The van der Waals surface area contributed by atoms with Crippen LogP contribution >= 0.6 is 11.3 Å². The van der Waals surface area contributed by atoms with Crippen molar-refractivity contribution < 1.29 is 33.7 Å². The van der Waals surface area contributed by atoms with Crippen LogP contribution in [0.3, 0.4) is 0 Å². The van der Waals surface area contributed by atoms with Crippen LogP contribution in [0, 0.1) is 6.92 Å². The van der Waals surface area contributed by atoms with Crippen LogP contribution in [0.15, 0.2) is 48.3 Å². The maximum Gasteiger partial charge on any atom is 0.350 e. The number of hydrogen-bond acceptors (Lipinski definition) is 10. The lowest BCUT2D eigenvalue weighted by molar-refractivity contribution is -0.132. The second-order valence-electron chi connectivity index (χ2n) is 8.65. The van der Waals surface area contributed by atoms with Gasteiger partial charge in [-0.15, -0.1) is 0 Å². The highest BCUT2D eigenvalue weighted by atomic mass is 32.1. The van der Waals surface area contributed by atoms with Crippen molar-refractivity contribution in [3.8, 4) is 11.5 Å². The molecule has 1 saturated heterocycles. The Kier molecular flexibility index (Phi) is 8.60. The lowest BCUT2D eigenvalue weighted by Gasteiger charge is -2.24. The van der Waals surface area contributed by atoms with Crippen LogP contribution in [0.2, 0.25) is 0 Å². The van der Waals surface area contributed by atoms with Gasteiger partial charge in [0.1, 0.15) is 10.6 Å². The summed E-state index contributed by atoms with van der Waals surface area (Å²) < 4.78 is 16.6. The predicted molar refractivity (Wildman–Crippen MR) is 145 cm³/mol. The van der Waals surface area contributed by atoms with Crippen LogP contribution < -0.4 is 14.4 Å². The number of thiazole rings is 1. The summed E-state index contributed by atoms with van der Waals surface area (Å²) >= 11 is 0.931. The summed E-state index contributed by atoms with van der Waals surface area (Å²) in [5.41, 5.74) is 1.04. The number of carbonyl (C=O) groups excluding carboxylic acids is 3. The van der Waals surface area contributed by atoms with Gasteiger partial charge in [0.05, 0.1) is 37.6 Å². The number of Topliss-reactive ketones (excluding diaryl/α,β-unsaturated/α-hetero) is 1. The molecule has 2 aromatic heterocycles. The number of aliphatic hydroxyl groups is 1. The third-order valence-corrected chi connectivity index (χ3v) is 7.24. The summed E-state index contributed by atoms with van der Waals surface area (Å²) in [4.78, 5) is 48.9. The first-order chi connectivity index (χ1) is 18.8. The fraction of sp³-hybridized carbons (Fsp3) is 0.321. The molecule has 0 radical (unpaired) electrons. The number of esters is 1. The molecular weight excluding hydrogens is 522 g/mol. The number of ketones is 1. The highest BCUT2D eigenvalue weighted by Crippen LogP contribution is 2.45. The molecule has 11 heteroatoms. The Hall–Kier alpha value is -4.25. The molecule has 0 aliphatic carbocycles. The number of aryl methyl sites for hydroxylation is 1. The lowest BCUT2D eigenvalue weighted by Crippen LogP contribution is -2.29. The van der Waals surface area contributed by atoms with E-state index in [0.717, 1.165) is 24.2 Å². The molecule has 1 atom stereocenters. The molecule has 3 heterocycles. The van der Waals surface area contributed by atoms with Crippen LogP contribution in [0.5, 0.6) is 11.5 Å². The van der Waals surface area contributed by atoms with E-state index in [0.29, 0.717) is 41.5 Å². The zero-order chi connectivity index (χ0) is 28.1. The summed E-state index contributed by atoms with van der Waals surface area (Å²) in [6.07, 6.45) is 4.78. The number of benzene rings is 1. The number of unbranched alkanes of at least 4 members (excludes halogenated alkanes) is 1. The first-order valence-corrected chi connectivity index (χ1v) is 13.3. The van der Waals surface area contributed by atoms with E-state index >= 15 is 0 Å². The average molecular weight is 552 g/mol. The van der Waals surface area contributed by atoms with Gasteiger partial charge in [0, 0.05) is 18.0 Å². The Labute approximate surface area is 229 Å². The van der Waals surface area contributed by atoms with E-state index in [1.54, 1.807) is 37.3 Å². The molecule has 1 N–H and O–H groups in total. The fourth-order valence-electron chi connectivity index (χ4n) is 4.19. The van der Waals surface area contributed by atoms with E-state index in [1.165, 1.54) is 24.4 Å². The summed E-state index contributed by atoms with van der Waals surface area (Å²) in [5, 5.41) is 11.4. The molecule has 1 fully saturated rings. The van der Waals surface area contributed by atoms with Gasteiger partial charge < -0.3 is 19.3 Å². The molecule has 1 aliphatic rings. The molecule has 0 saturated carbocycles. The van der Waals surface area contributed by atoms with Gasteiger partial charge in [-0.1, -0.05) is 30.7 Å². The molecule has 204 valence electrons. The first kappa shape index (κ1) is 27.8. The number of carbonyl (C=O) groups is 3. The Morgan fingerprint density at radius 1 is 1.10 bits per heavy atom. The van der Waals surface area contributed by atoms with Crippen LogP contribution in [-0.2, 0) is 14.3 Å². The van der Waals surface area contributed by atoms with Crippen molar-refractivity contribution in [2.75, 3.05) is 25.2 Å². The number of methoxy groups -OCH3 is 1. The smallest absolute Gasteiger partial charge is 0.350 e. The largest absolute Gasteiger partial charge is 0.507 e. The van der Waals surface area contributed by atoms with E-state index in [1.807, 2.05) is 6.92 Å². The summed E-state index contributed by atoms with van der Waals surface area (Å²) in [6, 6.07) is 7.15. The highest BCUT2D eigenvalue weighted by Gasteiger charge is 2.48. The number of ether oxygens (including phenoxy) is 3.